The Morgan fingerprint density at radius 1 is 1.00 bits per heavy atom. The van der Waals surface area contributed by atoms with E-state index in [0.717, 1.165) is 28.4 Å². The van der Waals surface area contributed by atoms with Crippen molar-refractivity contribution < 1.29 is 4.79 Å². The van der Waals surface area contributed by atoms with Crippen LogP contribution in [0.4, 0.5) is 0 Å². The van der Waals surface area contributed by atoms with Crippen molar-refractivity contribution >= 4 is 28.4 Å². The highest BCUT2D eigenvalue weighted by molar-refractivity contribution is 14.1. The van der Waals surface area contributed by atoms with Crippen molar-refractivity contribution in [1.82, 2.24) is 0 Å². The highest BCUT2D eigenvalue weighted by Crippen LogP contribution is 2.28. The van der Waals surface area contributed by atoms with Gasteiger partial charge in [-0.05, 0) is 59.0 Å². The summed E-state index contributed by atoms with van der Waals surface area (Å²) >= 11 is 2.25. The maximum absolute atomic E-state index is 12.6. The number of fused-ring (bicyclic) bond motifs is 1. The van der Waals surface area contributed by atoms with Gasteiger partial charge < -0.3 is 0 Å². The zero-order valence-corrected chi connectivity index (χ0v) is 12.8. The molecule has 0 amide bonds. The molecule has 0 aromatic heterocycles. The molecule has 0 N–H and O–H groups in total. The lowest BCUT2D eigenvalue weighted by molar-refractivity contribution is 0.0908. The molecule has 0 bridgehead atoms. The molecule has 0 radical (unpaired) electrons. The fourth-order valence-corrected chi connectivity index (χ4v) is 3.46. The number of aryl methyl sites for hydroxylation is 1. The van der Waals surface area contributed by atoms with Crippen molar-refractivity contribution in [2.45, 2.75) is 19.3 Å². The fourth-order valence-electron chi connectivity index (χ4n) is 2.80. The van der Waals surface area contributed by atoms with Gasteiger partial charge in [-0.3, -0.25) is 4.79 Å². The predicted octanol–water partition coefficient (Wildman–Crippen LogP) is 4.28. The van der Waals surface area contributed by atoms with Crippen LogP contribution in [-0.4, -0.2) is 5.78 Å². The summed E-state index contributed by atoms with van der Waals surface area (Å²) in [5, 5.41) is 0. The third-order valence-electron chi connectivity index (χ3n) is 3.86. The quantitative estimate of drug-likeness (QED) is 0.576. The minimum absolute atomic E-state index is 0.144. The highest BCUT2D eigenvalue weighted by atomic mass is 127. The molecular formula is C17H15IO. The van der Waals surface area contributed by atoms with Gasteiger partial charge >= 0.3 is 0 Å². The Kier molecular flexibility index (Phi) is 3.69. The Labute approximate surface area is 127 Å². The molecule has 19 heavy (non-hydrogen) atoms. The molecule has 1 aliphatic carbocycles. The molecule has 2 aromatic carbocycles. The summed E-state index contributed by atoms with van der Waals surface area (Å²) in [6.45, 7) is 0. The summed E-state index contributed by atoms with van der Waals surface area (Å²) in [6.07, 6.45) is 2.89. The van der Waals surface area contributed by atoms with E-state index < -0.39 is 0 Å². The molecule has 1 unspecified atom stereocenters. The second kappa shape index (κ2) is 5.45. The summed E-state index contributed by atoms with van der Waals surface area (Å²) in [5.74, 6) is 0.449. The third kappa shape index (κ3) is 2.59. The van der Waals surface area contributed by atoms with Crippen LogP contribution in [0.15, 0.2) is 48.5 Å². The molecule has 2 aromatic rings. The van der Waals surface area contributed by atoms with Crippen LogP contribution in [-0.2, 0) is 12.8 Å². The Hall–Kier alpha value is -1.16. The molecule has 3 rings (SSSR count). The first-order valence-electron chi connectivity index (χ1n) is 6.61. The van der Waals surface area contributed by atoms with Crippen LogP contribution in [0.2, 0.25) is 0 Å². The van der Waals surface area contributed by atoms with Crippen molar-refractivity contribution in [3.05, 3.63) is 68.8 Å². The number of ketones is 1. The lowest BCUT2D eigenvalue weighted by Gasteiger charge is -2.23. The van der Waals surface area contributed by atoms with E-state index in [9.17, 15) is 4.79 Å². The highest BCUT2D eigenvalue weighted by Gasteiger charge is 2.26. The lowest BCUT2D eigenvalue weighted by Crippen LogP contribution is -2.23. The van der Waals surface area contributed by atoms with Crippen molar-refractivity contribution in [3.8, 4) is 0 Å². The Morgan fingerprint density at radius 2 is 1.68 bits per heavy atom. The Morgan fingerprint density at radius 3 is 2.47 bits per heavy atom. The second-order valence-corrected chi connectivity index (χ2v) is 6.21. The molecule has 0 heterocycles. The summed E-state index contributed by atoms with van der Waals surface area (Å²) in [6, 6.07) is 16.4. The molecule has 0 saturated carbocycles. The van der Waals surface area contributed by atoms with E-state index in [0.29, 0.717) is 5.78 Å². The summed E-state index contributed by atoms with van der Waals surface area (Å²) in [4.78, 5) is 12.6. The third-order valence-corrected chi connectivity index (χ3v) is 4.80. The lowest BCUT2D eigenvalue weighted by atomic mass is 9.80. The molecule has 0 saturated heterocycles. The number of carbonyl (C=O) groups excluding carboxylic acids is 1. The van der Waals surface area contributed by atoms with Gasteiger partial charge in [0.05, 0.1) is 0 Å². The van der Waals surface area contributed by atoms with Crippen LogP contribution >= 0.6 is 22.6 Å². The first-order chi connectivity index (χ1) is 9.25. The number of hydrogen-bond acceptors (Lipinski definition) is 1. The van der Waals surface area contributed by atoms with E-state index in [1.54, 1.807) is 0 Å². The van der Waals surface area contributed by atoms with Crippen LogP contribution in [0.25, 0.3) is 0 Å². The van der Waals surface area contributed by atoms with Crippen LogP contribution in [0.5, 0.6) is 0 Å². The van der Waals surface area contributed by atoms with Gasteiger partial charge in [0.1, 0.15) is 0 Å². The molecule has 1 aliphatic rings. The van der Waals surface area contributed by atoms with Gasteiger partial charge in [0, 0.05) is 15.1 Å². The standard InChI is InChI=1S/C17H15IO/c18-16-8-4-3-7-15(16)17(19)14-10-9-12-5-1-2-6-13(12)11-14/h1-8,14H,9-11H2. The van der Waals surface area contributed by atoms with Crippen LogP contribution < -0.4 is 0 Å². The zero-order chi connectivity index (χ0) is 13.2. The molecule has 0 fully saturated rings. The van der Waals surface area contributed by atoms with Gasteiger partial charge in [0.25, 0.3) is 0 Å². The molecule has 2 heteroatoms. The number of rotatable bonds is 2. The van der Waals surface area contributed by atoms with Gasteiger partial charge in [-0.15, -0.1) is 0 Å². The topological polar surface area (TPSA) is 17.1 Å². The average Bonchev–Trinajstić information content (AvgIpc) is 2.46. The first kappa shape index (κ1) is 12.9. The first-order valence-corrected chi connectivity index (χ1v) is 7.69. The largest absolute Gasteiger partial charge is 0.294 e. The van der Waals surface area contributed by atoms with E-state index in [2.05, 4.69) is 46.9 Å². The van der Waals surface area contributed by atoms with Crippen LogP contribution in [0.1, 0.15) is 27.9 Å². The molecular weight excluding hydrogens is 347 g/mol. The smallest absolute Gasteiger partial charge is 0.167 e. The minimum atomic E-state index is 0.144. The molecule has 1 atom stereocenters. The van der Waals surface area contributed by atoms with Gasteiger partial charge in [0.2, 0.25) is 0 Å². The van der Waals surface area contributed by atoms with Gasteiger partial charge in [0.15, 0.2) is 5.78 Å². The number of carbonyl (C=O) groups is 1. The molecule has 96 valence electrons. The van der Waals surface area contributed by atoms with Crippen molar-refractivity contribution in [2.24, 2.45) is 5.92 Å². The summed E-state index contributed by atoms with van der Waals surface area (Å²) in [7, 11) is 0. The summed E-state index contributed by atoms with van der Waals surface area (Å²) in [5.41, 5.74) is 3.64. The van der Waals surface area contributed by atoms with Gasteiger partial charge in [-0.2, -0.15) is 0 Å². The zero-order valence-electron chi connectivity index (χ0n) is 10.6. The monoisotopic (exact) mass is 362 g/mol. The van der Waals surface area contributed by atoms with E-state index in [1.165, 1.54) is 11.1 Å². The number of benzene rings is 2. The van der Waals surface area contributed by atoms with Gasteiger partial charge in [-0.1, -0.05) is 42.5 Å². The number of halogens is 1. The summed E-state index contributed by atoms with van der Waals surface area (Å²) < 4.78 is 1.06. The van der Waals surface area contributed by atoms with Crippen LogP contribution in [0, 0.1) is 9.49 Å². The van der Waals surface area contributed by atoms with E-state index in [-0.39, 0.29) is 5.92 Å². The maximum atomic E-state index is 12.6. The average molecular weight is 362 g/mol. The molecule has 0 spiro atoms. The fraction of sp³-hybridized carbons (Fsp3) is 0.235. The maximum Gasteiger partial charge on any atom is 0.167 e. The normalized spacial score (nSPS) is 17.8. The molecule has 1 nitrogen and oxygen atoms in total. The van der Waals surface area contributed by atoms with Crippen molar-refractivity contribution in [2.75, 3.05) is 0 Å². The van der Waals surface area contributed by atoms with Crippen LogP contribution in [0.3, 0.4) is 0 Å². The van der Waals surface area contributed by atoms with Crippen molar-refractivity contribution in [1.29, 1.82) is 0 Å². The number of hydrogen-bond donors (Lipinski definition) is 0. The van der Waals surface area contributed by atoms with Gasteiger partial charge in [-0.25, -0.2) is 0 Å². The Bertz CT molecular complexity index is 618. The van der Waals surface area contributed by atoms with E-state index in [1.807, 2.05) is 24.3 Å². The number of Topliss-reactive ketones (excluding diaryl/α,β-unsaturated/α-hetero) is 1. The van der Waals surface area contributed by atoms with E-state index in [4.69, 9.17) is 0 Å². The predicted molar refractivity (Wildman–Crippen MR) is 85.4 cm³/mol. The molecule has 0 aliphatic heterocycles. The minimum Gasteiger partial charge on any atom is -0.294 e. The SMILES string of the molecule is O=C(c1ccccc1I)C1CCc2ccccc2C1. The van der Waals surface area contributed by atoms with E-state index >= 15 is 0 Å². The van der Waals surface area contributed by atoms with Crippen molar-refractivity contribution in [3.63, 3.8) is 0 Å². The Balaban J connectivity index is 1.86. The second-order valence-electron chi connectivity index (χ2n) is 5.05.